The standard InChI is InChI=1S/C25H41N5O2/c1-4-5-17(2)28-25-27-15-22-23(29-25)21(19-6-8-20(31)9-7-19)14-26-24(22)32-16-18-10-12-30(3)13-11-18/h14-15,17-20,24,26,31H,4-13,16H2,1-3H3,(H,27,28,29). The molecule has 178 valence electrons. The number of nitrogens with one attached hydrogen (secondary N) is 2. The number of aliphatic hydroxyl groups excluding tert-OH is 1. The number of rotatable bonds is 8. The molecule has 2 fully saturated rings. The smallest absolute Gasteiger partial charge is 0.223 e. The van der Waals surface area contributed by atoms with E-state index in [9.17, 15) is 5.11 Å². The summed E-state index contributed by atoms with van der Waals surface area (Å²) in [4.78, 5) is 12.0. The van der Waals surface area contributed by atoms with Crippen molar-refractivity contribution in [3.63, 3.8) is 0 Å². The van der Waals surface area contributed by atoms with Crippen LogP contribution in [-0.4, -0.2) is 58.9 Å². The molecule has 3 heterocycles. The van der Waals surface area contributed by atoms with Crippen LogP contribution in [0, 0.1) is 11.8 Å². The topological polar surface area (TPSA) is 82.5 Å². The lowest BCUT2D eigenvalue weighted by Gasteiger charge is -2.34. The van der Waals surface area contributed by atoms with Gasteiger partial charge in [-0.25, -0.2) is 9.97 Å². The van der Waals surface area contributed by atoms with Crippen LogP contribution < -0.4 is 10.6 Å². The molecule has 2 unspecified atom stereocenters. The Bertz CT molecular complexity index is 770. The van der Waals surface area contributed by atoms with Crippen LogP contribution >= 0.6 is 0 Å². The van der Waals surface area contributed by atoms with Gasteiger partial charge >= 0.3 is 0 Å². The number of fused-ring (bicyclic) bond motifs is 1. The quantitative estimate of drug-likeness (QED) is 0.561. The highest BCUT2D eigenvalue weighted by molar-refractivity contribution is 5.69. The second-order valence-corrected chi connectivity index (χ2v) is 10.1. The summed E-state index contributed by atoms with van der Waals surface area (Å²) in [5.74, 6) is 1.72. The van der Waals surface area contributed by atoms with Crippen LogP contribution in [0.2, 0.25) is 0 Å². The number of hydrogen-bond acceptors (Lipinski definition) is 7. The number of aliphatic hydroxyl groups is 1. The van der Waals surface area contributed by atoms with Crippen molar-refractivity contribution in [1.29, 1.82) is 0 Å². The molecule has 32 heavy (non-hydrogen) atoms. The molecule has 3 aliphatic rings. The number of anilines is 1. The highest BCUT2D eigenvalue weighted by Crippen LogP contribution is 2.39. The van der Waals surface area contributed by atoms with Gasteiger partial charge in [-0.05, 0) is 89.4 Å². The molecule has 0 bridgehead atoms. The molecular formula is C25H41N5O2. The first-order valence-corrected chi connectivity index (χ1v) is 12.6. The van der Waals surface area contributed by atoms with E-state index in [1.807, 2.05) is 6.20 Å². The van der Waals surface area contributed by atoms with Crippen LogP contribution in [0.4, 0.5) is 5.95 Å². The van der Waals surface area contributed by atoms with Gasteiger partial charge in [0.15, 0.2) is 6.23 Å². The molecule has 7 nitrogen and oxygen atoms in total. The zero-order valence-electron chi connectivity index (χ0n) is 20.0. The highest BCUT2D eigenvalue weighted by Gasteiger charge is 2.31. The maximum Gasteiger partial charge on any atom is 0.223 e. The van der Waals surface area contributed by atoms with Gasteiger partial charge in [0.1, 0.15) is 0 Å². The molecule has 0 aromatic carbocycles. The fourth-order valence-corrected chi connectivity index (χ4v) is 5.23. The maximum atomic E-state index is 9.97. The van der Waals surface area contributed by atoms with E-state index in [1.165, 1.54) is 18.4 Å². The summed E-state index contributed by atoms with van der Waals surface area (Å²) in [5.41, 5.74) is 3.29. The third kappa shape index (κ3) is 5.80. The Morgan fingerprint density at radius 3 is 2.69 bits per heavy atom. The molecular weight excluding hydrogens is 402 g/mol. The van der Waals surface area contributed by atoms with Gasteiger partial charge in [0.05, 0.1) is 18.4 Å². The molecule has 0 spiro atoms. The van der Waals surface area contributed by atoms with Crippen LogP contribution in [0.1, 0.15) is 82.7 Å². The lowest BCUT2D eigenvalue weighted by Crippen LogP contribution is -2.34. The minimum absolute atomic E-state index is 0.161. The van der Waals surface area contributed by atoms with Crippen molar-refractivity contribution in [3.05, 3.63) is 23.7 Å². The van der Waals surface area contributed by atoms with Crippen LogP contribution in [0.25, 0.3) is 5.57 Å². The van der Waals surface area contributed by atoms with Crippen LogP contribution in [0.5, 0.6) is 0 Å². The van der Waals surface area contributed by atoms with E-state index < -0.39 is 0 Å². The van der Waals surface area contributed by atoms with E-state index >= 15 is 0 Å². The number of allylic oxidation sites excluding steroid dienone is 1. The number of piperidine rings is 1. The summed E-state index contributed by atoms with van der Waals surface area (Å²) in [7, 11) is 2.19. The summed E-state index contributed by atoms with van der Waals surface area (Å²) in [6, 6.07) is 0.341. The predicted molar refractivity (Wildman–Crippen MR) is 128 cm³/mol. The third-order valence-corrected chi connectivity index (χ3v) is 7.33. The van der Waals surface area contributed by atoms with Gasteiger partial charge in [0, 0.05) is 24.0 Å². The monoisotopic (exact) mass is 443 g/mol. The lowest BCUT2D eigenvalue weighted by molar-refractivity contribution is 0.000886. The number of aromatic nitrogens is 2. The molecule has 1 aliphatic carbocycles. The minimum Gasteiger partial charge on any atom is -0.393 e. The normalized spacial score (nSPS) is 27.9. The van der Waals surface area contributed by atoms with Gasteiger partial charge < -0.3 is 25.4 Å². The number of nitrogens with zero attached hydrogens (tertiary/aromatic N) is 3. The zero-order chi connectivity index (χ0) is 22.5. The third-order valence-electron chi connectivity index (χ3n) is 7.33. The summed E-state index contributed by atoms with van der Waals surface area (Å²) in [6.07, 6.45) is 12.0. The van der Waals surface area contributed by atoms with Crippen LogP contribution in [-0.2, 0) is 4.74 Å². The Labute approximate surface area is 193 Å². The molecule has 1 saturated carbocycles. The average Bonchev–Trinajstić information content (AvgIpc) is 2.79. The van der Waals surface area contributed by atoms with Gasteiger partial charge in [0.2, 0.25) is 5.95 Å². The molecule has 1 aromatic rings. The number of ether oxygens (including phenoxy) is 1. The Morgan fingerprint density at radius 2 is 1.97 bits per heavy atom. The SMILES string of the molecule is CCCC(C)Nc1ncc2c(n1)C(C1CCC(O)CC1)=CNC2OCC1CCN(C)CC1. The molecule has 1 aromatic heterocycles. The van der Waals surface area contributed by atoms with E-state index in [1.54, 1.807) is 0 Å². The molecule has 1 saturated heterocycles. The Kier molecular flexibility index (Phi) is 8.02. The average molecular weight is 444 g/mol. The first-order chi connectivity index (χ1) is 15.5. The molecule has 0 amide bonds. The van der Waals surface area contributed by atoms with Gasteiger partial charge in [-0.3, -0.25) is 0 Å². The highest BCUT2D eigenvalue weighted by atomic mass is 16.5. The van der Waals surface area contributed by atoms with E-state index in [2.05, 4.69) is 47.6 Å². The van der Waals surface area contributed by atoms with Crippen molar-refractivity contribution >= 4 is 11.5 Å². The van der Waals surface area contributed by atoms with Crippen LogP contribution in [0.15, 0.2) is 12.4 Å². The predicted octanol–water partition coefficient (Wildman–Crippen LogP) is 3.93. The summed E-state index contributed by atoms with van der Waals surface area (Å²) in [6.45, 7) is 7.43. The summed E-state index contributed by atoms with van der Waals surface area (Å²) >= 11 is 0. The minimum atomic E-state index is -0.204. The maximum absolute atomic E-state index is 9.97. The van der Waals surface area contributed by atoms with E-state index in [0.29, 0.717) is 23.8 Å². The van der Waals surface area contributed by atoms with Crippen molar-refractivity contribution < 1.29 is 9.84 Å². The Morgan fingerprint density at radius 1 is 1.22 bits per heavy atom. The first kappa shape index (κ1) is 23.5. The van der Waals surface area contributed by atoms with Crippen LogP contribution in [0.3, 0.4) is 0 Å². The van der Waals surface area contributed by atoms with Gasteiger partial charge in [-0.15, -0.1) is 0 Å². The van der Waals surface area contributed by atoms with Crippen molar-refractivity contribution in [2.24, 2.45) is 11.8 Å². The number of hydrogen-bond donors (Lipinski definition) is 3. The second kappa shape index (κ2) is 10.9. The van der Waals surface area contributed by atoms with E-state index in [0.717, 1.165) is 69.5 Å². The van der Waals surface area contributed by atoms with Crippen molar-refractivity contribution in [1.82, 2.24) is 20.2 Å². The summed E-state index contributed by atoms with van der Waals surface area (Å²) in [5, 5.41) is 16.9. The molecule has 2 aliphatic heterocycles. The molecule has 3 N–H and O–H groups in total. The van der Waals surface area contributed by atoms with E-state index in [-0.39, 0.29) is 12.3 Å². The molecule has 2 atom stereocenters. The van der Waals surface area contributed by atoms with Crippen molar-refractivity contribution in [2.45, 2.75) is 83.6 Å². The van der Waals surface area contributed by atoms with Gasteiger partial charge in [-0.1, -0.05) is 13.3 Å². The molecule has 0 radical (unpaired) electrons. The van der Waals surface area contributed by atoms with Crippen molar-refractivity contribution in [3.8, 4) is 0 Å². The zero-order valence-corrected chi connectivity index (χ0v) is 20.0. The van der Waals surface area contributed by atoms with E-state index in [4.69, 9.17) is 9.72 Å². The largest absolute Gasteiger partial charge is 0.393 e. The van der Waals surface area contributed by atoms with Gasteiger partial charge in [-0.2, -0.15) is 0 Å². The molecule has 7 heteroatoms. The lowest BCUT2D eigenvalue weighted by atomic mass is 9.80. The number of likely N-dealkylation sites (tertiary alicyclic amines) is 1. The van der Waals surface area contributed by atoms with Crippen molar-refractivity contribution in [2.75, 3.05) is 32.1 Å². The first-order valence-electron chi connectivity index (χ1n) is 12.6. The Balaban J connectivity index is 1.51. The molecule has 4 rings (SSSR count). The van der Waals surface area contributed by atoms with Gasteiger partial charge in [0.25, 0.3) is 0 Å². The fraction of sp³-hybridized carbons (Fsp3) is 0.760. The fourth-order valence-electron chi connectivity index (χ4n) is 5.23. The summed E-state index contributed by atoms with van der Waals surface area (Å²) < 4.78 is 6.38. The Hall–Kier alpha value is -1.70. The second-order valence-electron chi connectivity index (χ2n) is 10.1.